The molecule has 1 aliphatic carbocycles. The van der Waals surface area contributed by atoms with Crippen molar-refractivity contribution in [2.45, 2.75) is 64.8 Å². The van der Waals surface area contributed by atoms with Crippen molar-refractivity contribution in [1.82, 2.24) is 9.55 Å². The van der Waals surface area contributed by atoms with Crippen LogP contribution in [0.25, 0.3) is 0 Å². The third-order valence-electron chi connectivity index (χ3n) is 4.14. The van der Waals surface area contributed by atoms with Crippen LogP contribution in [0.1, 0.15) is 70.4 Å². The summed E-state index contributed by atoms with van der Waals surface area (Å²) in [6, 6.07) is -0.108. The Morgan fingerprint density at radius 2 is 1.85 bits per heavy atom. The Morgan fingerprint density at radius 1 is 1.25 bits per heavy atom. The van der Waals surface area contributed by atoms with E-state index >= 15 is 0 Å². The summed E-state index contributed by atoms with van der Waals surface area (Å²) in [4.78, 5) is 27.4. The maximum absolute atomic E-state index is 12.7. The van der Waals surface area contributed by atoms with Crippen LogP contribution in [0.15, 0.2) is 9.59 Å². The van der Waals surface area contributed by atoms with Gasteiger partial charge < -0.3 is 0 Å². The summed E-state index contributed by atoms with van der Waals surface area (Å²) in [5.41, 5.74) is 0.0214. The van der Waals surface area contributed by atoms with Gasteiger partial charge in [0.1, 0.15) is 5.15 Å². The first kappa shape index (κ1) is 15.4. The molecule has 112 valence electrons. The molecule has 1 heterocycles. The Bertz CT molecular complexity index is 583. The minimum Gasteiger partial charge on any atom is -0.297 e. The molecule has 0 aliphatic heterocycles. The standard InChI is InChI=1S/C15H23ClN2O2/c1-9(2)8-10(3)18-14(19)12(11-6-4-5-7-11)13(16)17-15(18)20/h9-11H,4-8H2,1-3H3,(H,17,20). The van der Waals surface area contributed by atoms with Gasteiger partial charge in [-0.1, -0.05) is 38.3 Å². The number of nitrogens with zero attached hydrogens (tertiary/aromatic N) is 1. The van der Waals surface area contributed by atoms with E-state index in [0.717, 1.165) is 32.1 Å². The largest absolute Gasteiger partial charge is 0.329 e. The molecule has 1 fully saturated rings. The quantitative estimate of drug-likeness (QED) is 0.866. The van der Waals surface area contributed by atoms with Gasteiger partial charge in [0, 0.05) is 6.04 Å². The first-order chi connectivity index (χ1) is 9.41. The van der Waals surface area contributed by atoms with Crippen LogP contribution in [-0.2, 0) is 0 Å². The predicted octanol–water partition coefficient (Wildman–Crippen LogP) is 3.45. The van der Waals surface area contributed by atoms with Crippen LogP contribution >= 0.6 is 11.6 Å². The summed E-state index contributed by atoms with van der Waals surface area (Å²) in [5, 5.41) is 0.236. The van der Waals surface area contributed by atoms with E-state index in [-0.39, 0.29) is 22.7 Å². The van der Waals surface area contributed by atoms with Gasteiger partial charge in [0.25, 0.3) is 5.56 Å². The summed E-state index contributed by atoms with van der Waals surface area (Å²) in [6.07, 6.45) is 5.02. The van der Waals surface area contributed by atoms with Gasteiger partial charge in [-0.3, -0.25) is 14.3 Å². The van der Waals surface area contributed by atoms with E-state index < -0.39 is 5.69 Å². The zero-order valence-corrected chi connectivity index (χ0v) is 13.2. The minimum absolute atomic E-state index is 0.108. The molecule has 1 aromatic rings. The molecule has 0 bridgehead atoms. The zero-order valence-electron chi connectivity index (χ0n) is 12.4. The highest BCUT2D eigenvalue weighted by atomic mass is 35.5. The lowest BCUT2D eigenvalue weighted by Gasteiger charge is -2.19. The smallest absolute Gasteiger partial charge is 0.297 e. The van der Waals surface area contributed by atoms with Crippen LogP contribution in [0.2, 0.25) is 5.15 Å². The molecule has 1 aliphatic rings. The van der Waals surface area contributed by atoms with Crippen molar-refractivity contribution < 1.29 is 0 Å². The number of nitrogens with one attached hydrogen (secondary N) is 1. The first-order valence-corrected chi connectivity index (χ1v) is 7.83. The van der Waals surface area contributed by atoms with Crippen LogP contribution in [-0.4, -0.2) is 9.55 Å². The SMILES string of the molecule is CC(C)CC(C)n1c(=O)[nH]c(Cl)c(C2CCCC2)c1=O. The van der Waals surface area contributed by atoms with Crippen LogP contribution in [0.3, 0.4) is 0 Å². The highest BCUT2D eigenvalue weighted by molar-refractivity contribution is 6.30. The molecule has 20 heavy (non-hydrogen) atoms. The topological polar surface area (TPSA) is 54.9 Å². The zero-order chi connectivity index (χ0) is 14.9. The lowest BCUT2D eigenvalue weighted by atomic mass is 10.00. The van der Waals surface area contributed by atoms with Crippen molar-refractivity contribution >= 4 is 11.6 Å². The minimum atomic E-state index is -0.394. The second kappa shape index (κ2) is 6.17. The van der Waals surface area contributed by atoms with E-state index in [4.69, 9.17) is 11.6 Å². The lowest BCUT2D eigenvalue weighted by Crippen LogP contribution is -2.40. The molecule has 0 radical (unpaired) electrons. The molecule has 0 saturated heterocycles. The fourth-order valence-electron chi connectivity index (χ4n) is 3.29. The third-order valence-corrected chi connectivity index (χ3v) is 4.44. The maximum Gasteiger partial charge on any atom is 0.329 e. The van der Waals surface area contributed by atoms with Gasteiger partial charge in [0.15, 0.2) is 0 Å². The number of aromatic nitrogens is 2. The van der Waals surface area contributed by atoms with Gasteiger partial charge in [0.05, 0.1) is 5.56 Å². The molecule has 1 atom stereocenters. The van der Waals surface area contributed by atoms with Crippen LogP contribution < -0.4 is 11.2 Å². The number of hydrogen-bond donors (Lipinski definition) is 1. The highest BCUT2D eigenvalue weighted by Crippen LogP contribution is 2.34. The molecule has 4 nitrogen and oxygen atoms in total. The van der Waals surface area contributed by atoms with E-state index in [9.17, 15) is 9.59 Å². The van der Waals surface area contributed by atoms with Crippen molar-refractivity contribution in [2.24, 2.45) is 5.92 Å². The van der Waals surface area contributed by atoms with Crippen molar-refractivity contribution in [3.8, 4) is 0 Å². The fraction of sp³-hybridized carbons (Fsp3) is 0.733. The van der Waals surface area contributed by atoms with E-state index in [0.29, 0.717) is 11.5 Å². The molecule has 1 N–H and O–H groups in total. The van der Waals surface area contributed by atoms with E-state index in [2.05, 4.69) is 18.8 Å². The summed E-state index contributed by atoms with van der Waals surface area (Å²) < 4.78 is 1.35. The second-order valence-electron chi connectivity index (χ2n) is 6.29. The van der Waals surface area contributed by atoms with Crippen LogP contribution in [0.4, 0.5) is 0 Å². The monoisotopic (exact) mass is 298 g/mol. The van der Waals surface area contributed by atoms with Crippen LogP contribution in [0.5, 0.6) is 0 Å². The molecule has 1 saturated carbocycles. The Balaban J connectivity index is 2.49. The third kappa shape index (κ3) is 3.00. The van der Waals surface area contributed by atoms with Crippen molar-refractivity contribution in [2.75, 3.05) is 0 Å². The Hall–Kier alpha value is -1.03. The number of aromatic amines is 1. The van der Waals surface area contributed by atoms with E-state index in [1.54, 1.807) is 0 Å². The molecule has 1 aromatic heterocycles. The molecule has 0 spiro atoms. The Labute approximate surface area is 124 Å². The van der Waals surface area contributed by atoms with Crippen LogP contribution in [0, 0.1) is 5.92 Å². The molecular formula is C15H23ClN2O2. The van der Waals surface area contributed by atoms with Gasteiger partial charge in [-0.15, -0.1) is 0 Å². The van der Waals surface area contributed by atoms with Gasteiger partial charge in [-0.2, -0.15) is 0 Å². The average molecular weight is 299 g/mol. The number of H-pyrrole nitrogens is 1. The van der Waals surface area contributed by atoms with Gasteiger partial charge in [-0.25, -0.2) is 4.79 Å². The first-order valence-electron chi connectivity index (χ1n) is 7.46. The summed E-state index contributed by atoms with van der Waals surface area (Å²) >= 11 is 6.13. The molecule has 2 rings (SSSR count). The average Bonchev–Trinajstić information content (AvgIpc) is 2.80. The second-order valence-corrected chi connectivity index (χ2v) is 6.67. The van der Waals surface area contributed by atoms with Crippen molar-refractivity contribution in [3.63, 3.8) is 0 Å². The fourth-order valence-corrected chi connectivity index (χ4v) is 3.61. The van der Waals surface area contributed by atoms with E-state index in [1.165, 1.54) is 4.57 Å². The van der Waals surface area contributed by atoms with Gasteiger partial charge >= 0.3 is 5.69 Å². The summed E-state index contributed by atoms with van der Waals surface area (Å²) in [6.45, 7) is 6.09. The maximum atomic E-state index is 12.7. The lowest BCUT2D eigenvalue weighted by molar-refractivity contribution is 0.402. The van der Waals surface area contributed by atoms with Gasteiger partial charge in [0.2, 0.25) is 0 Å². The Kier molecular flexibility index (Phi) is 4.74. The number of halogens is 1. The molecule has 0 amide bonds. The summed E-state index contributed by atoms with van der Waals surface area (Å²) in [5.74, 6) is 0.631. The molecule has 1 unspecified atom stereocenters. The van der Waals surface area contributed by atoms with Gasteiger partial charge in [-0.05, 0) is 38.0 Å². The molecule has 0 aromatic carbocycles. The highest BCUT2D eigenvalue weighted by Gasteiger charge is 2.26. The summed E-state index contributed by atoms with van der Waals surface area (Å²) in [7, 11) is 0. The van der Waals surface area contributed by atoms with Crippen molar-refractivity contribution in [3.05, 3.63) is 31.6 Å². The molecular weight excluding hydrogens is 276 g/mol. The Morgan fingerprint density at radius 3 is 2.40 bits per heavy atom. The number of rotatable bonds is 4. The van der Waals surface area contributed by atoms with E-state index in [1.807, 2.05) is 6.92 Å². The predicted molar refractivity (Wildman–Crippen MR) is 81.7 cm³/mol. The number of hydrogen-bond acceptors (Lipinski definition) is 2. The molecule has 5 heteroatoms. The normalized spacial score (nSPS) is 17.9. The van der Waals surface area contributed by atoms with Crippen molar-refractivity contribution in [1.29, 1.82) is 0 Å².